The van der Waals surface area contributed by atoms with E-state index < -0.39 is 22.0 Å². The number of hydrogen-bond acceptors (Lipinski definition) is 5. The third-order valence-corrected chi connectivity index (χ3v) is 6.66. The van der Waals surface area contributed by atoms with E-state index in [1.54, 1.807) is 12.1 Å². The number of carbonyl (C=O) groups excluding carboxylic acids is 1. The molecule has 2 N–H and O–H groups in total. The molecule has 0 radical (unpaired) electrons. The van der Waals surface area contributed by atoms with Crippen LogP contribution < -0.4 is 19.5 Å². The molecule has 7 nitrogen and oxygen atoms in total. The fourth-order valence-electron chi connectivity index (χ4n) is 3.27. The van der Waals surface area contributed by atoms with Gasteiger partial charge < -0.3 is 14.8 Å². The fraction of sp³-hybridized carbons (Fsp3) is 0.174. The highest BCUT2D eigenvalue weighted by Crippen LogP contribution is 2.32. The van der Waals surface area contributed by atoms with Crippen LogP contribution in [0.3, 0.4) is 0 Å². The molecule has 0 unspecified atom stereocenters. The lowest BCUT2D eigenvalue weighted by Gasteiger charge is -2.19. The maximum absolute atomic E-state index is 13.0. The van der Waals surface area contributed by atoms with E-state index in [0.717, 1.165) is 11.1 Å². The van der Waals surface area contributed by atoms with Crippen LogP contribution in [0.1, 0.15) is 11.1 Å². The quantitative estimate of drug-likeness (QED) is 0.524. The van der Waals surface area contributed by atoms with Gasteiger partial charge in [-0.1, -0.05) is 48.0 Å². The average Bonchev–Trinajstić information content (AvgIpc) is 3.26. The molecule has 0 fully saturated rings. The van der Waals surface area contributed by atoms with Gasteiger partial charge in [0.15, 0.2) is 11.5 Å². The van der Waals surface area contributed by atoms with E-state index in [1.807, 2.05) is 36.4 Å². The highest BCUT2D eigenvalue weighted by atomic mass is 35.5. The lowest BCUT2D eigenvalue weighted by molar-refractivity contribution is -0.122. The zero-order chi connectivity index (χ0) is 22.6. The molecule has 1 aliphatic heterocycles. The monoisotopic (exact) mass is 472 g/mol. The van der Waals surface area contributed by atoms with E-state index in [2.05, 4.69) is 10.0 Å². The second kappa shape index (κ2) is 9.60. The van der Waals surface area contributed by atoms with Gasteiger partial charge in [-0.2, -0.15) is 4.72 Å². The number of ether oxygens (including phenoxy) is 2. The molecular formula is C23H21ClN2O5S. The maximum Gasteiger partial charge on any atom is 0.241 e. The number of hydrogen-bond donors (Lipinski definition) is 2. The largest absolute Gasteiger partial charge is 0.454 e. The predicted molar refractivity (Wildman–Crippen MR) is 120 cm³/mol. The molecule has 0 spiro atoms. The molecule has 1 aliphatic rings. The summed E-state index contributed by atoms with van der Waals surface area (Å²) in [6, 6.07) is 19.4. The third-order valence-electron chi connectivity index (χ3n) is 4.92. The van der Waals surface area contributed by atoms with E-state index >= 15 is 0 Å². The highest BCUT2D eigenvalue weighted by Gasteiger charge is 2.26. The number of rotatable bonds is 8. The molecule has 0 saturated heterocycles. The van der Waals surface area contributed by atoms with E-state index in [-0.39, 0.29) is 24.7 Å². The molecule has 0 bridgehead atoms. The van der Waals surface area contributed by atoms with Gasteiger partial charge >= 0.3 is 0 Å². The Kier molecular flexibility index (Phi) is 6.64. The third kappa shape index (κ3) is 5.40. The molecule has 0 aromatic heterocycles. The van der Waals surface area contributed by atoms with E-state index in [9.17, 15) is 13.2 Å². The van der Waals surface area contributed by atoms with Crippen molar-refractivity contribution in [3.05, 3.63) is 88.9 Å². The van der Waals surface area contributed by atoms with Crippen LogP contribution in [0.25, 0.3) is 0 Å². The second-order valence-electron chi connectivity index (χ2n) is 7.22. The Hall–Kier alpha value is -3.07. The zero-order valence-electron chi connectivity index (χ0n) is 17.0. The Labute approximate surface area is 191 Å². The lowest BCUT2D eigenvalue weighted by Crippen LogP contribution is -2.47. The van der Waals surface area contributed by atoms with Crippen molar-refractivity contribution in [1.29, 1.82) is 0 Å². The summed E-state index contributed by atoms with van der Waals surface area (Å²) in [5, 5.41) is 3.23. The molecule has 1 atom stereocenters. The van der Waals surface area contributed by atoms with Gasteiger partial charge in [0.1, 0.15) is 6.04 Å². The summed E-state index contributed by atoms with van der Waals surface area (Å²) >= 11 is 5.86. The van der Waals surface area contributed by atoms with Crippen LogP contribution >= 0.6 is 11.6 Å². The molecule has 0 saturated carbocycles. The van der Waals surface area contributed by atoms with E-state index in [1.165, 1.54) is 24.3 Å². The van der Waals surface area contributed by atoms with Crippen molar-refractivity contribution in [2.75, 3.05) is 6.79 Å². The normalized spacial score (nSPS) is 13.5. The minimum Gasteiger partial charge on any atom is -0.454 e. The standard InChI is InChI=1S/C23H21ClN2O5S/c24-18-7-9-19(10-8-18)32(28,29)26-20(12-16-4-2-1-3-5-16)23(27)25-14-17-6-11-21-22(13-17)31-15-30-21/h1-11,13,20,26H,12,14-15H2,(H,25,27)/t20-/m1/s1. The minimum atomic E-state index is -3.94. The summed E-state index contributed by atoms with van der Waals surface area (Å²) in [5.74, 6) is 0.822. The van der Waals surface area contributed by atoms with Crippen LogP contribution in [0.15, 0.2) is 77.7 Å². The molecule has 1 amide bonds. The van der Waals surface area contributed by atoms with Crippen molar-refractivity contribution in [2.24, 2.45) is 0 Å². The first-order valence-corrected chi connectivity index (χ1v) is 11.7. The van der Waals surface area contributed by atoms with E-state index in [4.69, 9.17) is 21.1 Å². The first-order valence-electron chi connectivity index (χ1n) is 9.89. The van der Waals surface area contributed by atoms with E-state index in [0.29, 0.717) is 16.5 Å². The average molecular weight is 473 g/mol. The molecule has 3 aromatic rings. The zero-order valence-corrected chi connectivity index (χ0v) is 18.5. The molecule has 32 heavy (non-hydrogen) atoms. The number of fused-ring (bicyclic) bond motifs is 1. The number of nitrogens with one attached hydrogen (secondary N) is 2. The summed E-state index contributed by atoms with van der Waals surface area (Å²) in [4.78, 5) is 13.0. The number of carbonyl (C=O) groups is 1. The predicted octanol–water partition coefficient (Wildman–Crippen LogP) is 3.27. The molecule has 4 rings (SSSR count). The van der Waals surface area contributed by atoms with Crippen LogP contribution in [0, 0.1) is 0 Å². The molecule has 9 heteroatoms. The smallest absolute Gasteiger partial charge is 0.241 e. The topological polar surface area (TPSA) is 93.7 Å². The van der Waals surface area contributed by atoms with Gasteiger partial charge in [0.05, 0.1) is 4.90 Å². The second-order valence-corrected chi connectivity index (χ2v) is 9.37. The Balaban J connectivity index is 1.50. The first kappa shape index (κ1) is 22.1. The van der Waals surface area contributed by atoms with Gasteiger partial charge in [-0.05, 0) is 53.9 Å². The highest BCUT2D eigenvalue weighted by molar-refractivity contribution is 7.89. The summed E-state index contributed by atoms with van der Waals surface area (Å²) in [6.07, 6.45) is 0.195. The van der Waals surface area contributed by atoms with Crippen LogP contribution in [0.5, 0.6) is 11.5 Å². The number of benzene rings is 3. The summed E-state index contributed by atoms with van der Waals surface area (Å²) in [6.45, 7) is 0.375. The Bertz CT molecular complexity index is 1200. The molecule has 3 aromatic carbocycles. The van der Waals surface area contributed by atoms with Gasteiger partial charge in [-0.25, -0.2) is 8.42 Å². The lowest BCUT2D eigenvalue weighted by atomic mass is 10.1. The van der Waals surface area contributed by atoms with Crippen LogP contribution in [-0.4, -0.2) is 27.2 Å². The first-order chi connectivity index (χ1) is 15.4. The van der Waals surface area contributed by atoms with Crippen molar-refractivity contribution in [1.82, 2.24) is 10.0 Å². The van der Waals surface area contributed by atoms with Crippen LogP contribution in [0.2, 0.25) is 5.02 Å². The SMILES string of the molecule is O=C(NCc1ccc2c(c1)OCO2)[C@@H](Cc1ccccc1)NS(=O)(=O)c1ccc(Cl)cc1. The van der Waals surface area contributed by atoms with Crippen LogP contribution in [0.4, 0.5) is 0 Å². The molecule has 166 valence electrons. The Morgan fingerprint density at radius 3 is 2.41 bits per heavy atom. The Morgan fingerprint density at radius 2 is 1.66 bits per heavy atom. The van der Waals surface area contributed by atoms with Gasteiger partial charge in [-0.15, -0.1) is 0 Å². The van der Waals surface area contributed by atoms with Crippen molar-refractivity contribution in [2.45, 2.75) is 23.9 Å². The molecule has 1 heterocycles. The minimum absolute atomic E-state index is 0.0310. The van der Waals surface area contributed by atoms with Crippen LogP contribution in [-0.2, 0) is 27.8 Å². The maximum atomic E-state index is 13.0. The number of sulfonamides is 1. The number of amides is 1. The summed E-state index contributed by atoms with van der Waals surface area (Å²) in [7, 11) is -3.94. The Morgan fingerprint density at radius 1 is 0.938 bits per heavy atom. The number of halogens is 1. The molecular weight excluding hydrogens is 452 g/mol. The van der Waals surface area contributed by atoms with Gasteiger partial charge in [0.2, 0.25) is 22.7 Å². The molecule has 0 aliphatic carbocycles. The fourth-order valence-corrected chi connectivity index (χ4v) is 4.59. The van der Waals surface area contributed by atoms with Crippen molar-refractivity contribution >= 4 is 27.5 Å². The summed E-state index contributed by atoms with van der Waals surface area (Å²) in [5.41, 5.74) is 1.64. The van der Waals surface area contributed by atoms with Gasteiger partial charge in [-0.3, -0.25) is 4.79 Å². The van der Waals surface area contributed by atoms with Crippen molar-refractivity contribution < 1.29 is 22.7 Å². The summed E-state index contributed by atoms with van der Waals surface area (Å²) < 4.78 is 39.0. The van der Waals surface area contributed by atoms with Gasteiger partial charge in [0.25, 0.3) is 0 Å². The van der Waals surface area contributed by atoms with Crippen molar-refractivity contribution in [3.63, 3.8) is 0 Å². The van der Waals surface area contributed by atoms with Crippen molar-refractivity contribution in [3.8, 4) is 11.5 Å². The van der Waals surface area contributed by atoms with Gasteiger partial charge in [0, 0.05) is 11.6 Å².